The normalized spacial score (nSPS) is 14.9. The Morgan fingerprint density at radius 3 is 2.73 bits per heavy atom. The van der Waals surface area contributed by atoms with Gasteiger partial charge in [0.1, 0.15) is 12.6 Å². The molecule has 0 saturated heterocycles. The van der Waals surface area contributed by atoms with Crippen LogP contribution in [0.5, 0.6) is 11.5 Å². The Bertz CT molecular complexity index is 1140. The first-order valence-corrected chi connectivity index (χ1v) is 10.9. The summed E-state index contributed by atoms with van der Waals surface area (Å²) in [5, 5.41) is 15.0. The molecule has 0 bridgehead atoms. The van der Waals surface area contributed by atoms with Crippen LogP contribution in [0.3, 0.4) is 0 Å². The van der Waals surface area contributed by atoms with Gasteiger partial charge in [-0.2, -0.15) is 4.68 Å². The molecule has 0 radical (unpaired) electrons. The van der Waals surface area contributed by atoms with Gasteiger partial charge < -0.3 is 19.5 Å². The minimum Gasteiger partial charge on any atom is -0.493 e. The predicted octanol–water partition coefficient (Wildman–Crippen LogP) is 3.89. The van der Waals surface area contributed by atoms with Crippen molar-refractivity contribution < 1.29 is 19.0 Å². The van der Waals surface area contributed by atoms with E-state index >= 15 is 0 Å². The van der Waals surface area contributed by atoms with Crippen molar-refractivity contribution in [1.82, 2.24) is 20.2 Å². The highest BCUT2D eigenvalue weighted by molar-refractivity contribution is 5.92. The fourth-order valence-corrected chi connectivity index (χ4v) is 3.69. The molecule has 1 N–H and O–H groups in total. The highest BCUT2D eigenvalue weighted by Crippen LogP contribution is 2.38. The molecule has 9 nitrogen and oxygen atoms in total. The van der Waals surface area contributed by atoms with Gasteiger partial charge in [-0.3, -0.25) is 0 Å². The van der Waals surface area contributed by atoms with Gasteiger partial charge in [-0.25, -0.2) is 4.79 Å². The molecule has 172 valence electrons. The second-order valence-electron chi connectivity index (χ2n) is 7.69. The molecule has 0 aliphatic carbocycles. The molecule has 0 fully saturated rings. The zero-order chi connectivity index (χ0) is 23.2. The van der Waals surface area contributed by atoms with E-state index < -0.39 is 12.0 Å². The minimum atomic E-state index is -0.585. The van der Waals surface area contributed by atoms with E-state index in [1.165, 1.54) is 0 Å². The van der Waals surface area contributed by atoms with E-state index in [-0.39, 0.29) is 6.61 Å². The largest absolute Gasteiger partial charge is 0.493 e. The van der Waals surface area contributed by atoms with Crippen molar-refractivity contribution in [3.63, 3.8) is 0 Å². The van der Waals surface area contributed by atoms with Crippen molar-refractivity contribution in [3.05, 3.63) is 70.9 Å². The quantitative estimate of drug-likeness (QED) is 0.388. The third-order valence-electron chi connectivity index (χ3n) is 5.41. The summed E-state index contributed by atoms with van der Waals surface area (Å²) in [7, 11) is 1.59. The Morgan fingerprint density at radius 2 is 1.97 bits per heavy atom. The molecular weight excluding hydrogens is 422 g/mol. The number of allylic oxidation sites excluding steroid dienone is 1. The fraction of sp³-hybridized carbons (Fsp3) is 0.333. The lowest BCUT2D eigenvalue weighted by molar-refractivity contribution is -0.140. The highest BCUT2D eigenvalue weighted by Gasteiger charge is 2.35. The number of tetrazole rings is 1. The first-order chi connectivity index (χ1) is 16.1. The molecule has 1 atom stereocenters. The van der Waals surface area contributed by atoms with Crippen LogP contribution in [0.15, 0.2) is 59.8 Å². The summed E-state index contributed by atoms with van der Waals surface area (Å²) >= 11 is 0. The second-order valence-corrected chi connectivity index (χ2v) is 7.69. The SMILES string of the molecule is CCCCOc1ccc(C2C(C(=O)OCc3ccccc3)=C(C)Nc3nnnn32)cc1OC. The van der Waals surface area contributed by atoms with E-state index in [9.17, 15) is 4.79 Å². The zero-order valence-corrected chi connectivity index (χ0v) is 18.9. The molecule has 2 aromatic carbocycles. The van der Waals surface area contributed by atoms with Crippen LogP contribution in [0.4, 0.5) is 5.95 Å². The number of benzene rings is 2. The number of carbonyl (C=O) groups excluding carboxylic acids is 1. The molecule has 2 heterocycles. The molecule has 1 unspecified atom stereocenters. The molecular formula is C24H27N5O4. The number of nitrogens with one attached hydrogen (secondary N) is 1. The van der Waals surface area contributed by atoms with E-state index in [0.717, 1.165) is 24.0 Å². The standard InChI is InChI=1S/C24H27N5O4/c1-4-5-13-32-19-12-11-18(14-20(19)31-3)22-21(16(2)25-24-26-27-28-29(22)24)23(30)33-15-17-9-7-6-8-10-17/h6-12,14,22H,4-5,13,15H2,1-3H3,(H,25,26,28). The maximum Gasteiger partial charge on any atom is 0.338 e. The summed E-state index contributed by atoms with van der Waals surface area (Å²) in [4.78, 5) is 13.2. The maximum absolute atomic E-state index is 13.2. The minimum absolute atomic E-state index is 0.166. The zero-order valence-electron chi connectivity index (χ0n) is 18.9. The van der Waals surface area contributed by atoms with Gasteiger partial charge in [-0.15, -0.1) is 0 Å². The number of fused-ring (bicyclic) bond motifs is 1. The van der Waals surface area contributed by atoms with Gasteiger partial charge in [0.2, 0.25) is 5.95 Å². The molecule has 1 aliphatic rings. The van der Waals surface area contributed by atoms with Crippen molar-refractivity contribution in [2.75, 3.05) is 19.0 Å². The lowest BCUT2D eigenvalue weighted by atomic mass is 9.95. The summed E-state index contributed by atoms with van der Waals surface area (Å²) < 4.78 is 18.7. The highest BCUT2D eigenvalue weighted by atomic mass is 16.5. The van der Waals surface area contributed by atoms with Crippen LogP contribution >= 0.6 is 0 Å². The van der Waals surface area contributed by atoms with Crippen LogP contribution in [0.25, 0.3) is 0 Å². The molecule has 1 aromatic heterocycles. The topological polar surface area (TPSA) is 100 Å². The van der Waals surface area contributed by atoms with Crippen molar-refractivity contribution in [2.24, 2.45) is 0 Å². The first kappa shape index (κ1) is 22.3. The van der Waals surface area contributed by atoms with Crippen LogP contribution in [0, 0.1) is 0 Å². The van der Waals surface area contributed by atoms with E-state index in [0.29, 0.717) is 35.3 Å². The van der Waals surface area contributed by atoms with Gasteiger partial charge in [0, 0.05) is 5.70 Å². The van der Waals surface area contributed by atoms with Gasteiger partial charge in [-0.1, -0.05) is 54.8 Å². The summed E-state index contributed by atoms with van der Waals surface area (Å²) in [6.45, 7) is 4.69. The van der Waals surface area contributed by atoms with Crippen molar-refractivity contribution in [3.8, 4) is 11.5 Å². The Morgan fingerprint density at radius 1 is 1.15 bits per heavy atom. The smallest absolute Gasteiger partial charge is 0.338 e. The van der Waals surface area contributed by atoms with Gasteiger partial charge in [0.15, 0.2) is 11.5 Å². The summed E-state index contributed by atoms with van der Waals surface area (Å²) in [5.74, 6) is 1.22. The Kier molecular flexibility index (Phi) is 6.87. The average Bonchev–Trinajstić information content (AvgIpc) is 3.30. The predicted molar refractivity (Wildman–Crippen MR) is 122 cm³/mol. The monoisotopic (exact) mass is 449 g/mol. The molecule has 3 aromatic rings. The third kappa shape index (κ3) is 4.82. The number of rotatable bonds is 9. The first-order valence-electron chi connectivity index (χ1n) is 10.9. The third-order valence-corrected chi connectivity index (χ3v) is 5.41. The molecule has 33 heavy (non-hydrogen) atoms. The molecule has 9 heteroatoms. The number of aromatic nitrogens is 4. The van der Waals surface area contributed by atoms with E-state index in [4.69, 9.17) is 14.2 Å². The fourth-order valence-electron chi connectivity index (χ4n) is 3.69. The van der Waals surface area contributed by atoms with Crippen molar-refractivity contribution in [1.29, 1.82) is 0 Å². The van der Waals surface area contributed by atoms with Gasteiger partial charge in [-0.05, 0) is 47.0 Å². The van der Waals surface area contributed by atoms with Crippen molar-refractivity contribution in [2.45, 2.75) is 39.3 Å². The number of unbranched alkanes of at least 4 members (excludes halogenated alkanes) is 1. The summed E-state index contributed by atoms with van der Waals surface area (Å²) in [6.07, 6.45) is 1.99. The molecule has 0 saturated carbocycles. The van der Waals surface area contributed by atoms with Gasteiger partial charge >= 0.3 is 5.97 Å². The molecule has 0 amide bonds. The number of hydrogen-bond donors (Lipinski definition) is 1. The Balaban J connectivity index is 1.66. The second kappa shape index (κ2) is 10.2. The number of hydrogen-bond acceptors (Lipinski definition) is 8. The maximum atomic E-state index is 13.2. The van der Waals surface area contributed by atoms with Crippen LogP contribution in [0.1, 0.15) is 43.9 Å². The lowest BCUT2D eigenvalue weighted by Crippen LogP contribution is -2.29. The van der Waals surface area contributed by atoms with Gasteiger partial charge in [0.25, 0.3) is 0 Å². The Hall–Kier alpha value is -3.88. The Labute approximate surface area is 192 Å². The number of carbonyl (C=O) groups is 1. The number of methoxy groups -OCH3 is 1. The van der Waals surface area contributed by atoms with E-state index in [1.807, 2.05) is 55.5 Å². The van der Waals surface area contributed by atoms with Crippen molar-refractivity contribution >= 4 is 11.9 Å². The van der Waals surface area contributed by atoms with Crippen LogP contribution in [-0.2, 0) is 16.1 Å². The molecule has 4 rings (SSSR count). The van der Waals surface area contributed by atoms with Crippen LogP contribution < -0.4 is 14.8 Å². The van der Waals surface area contributed by atoms with E-state index in [2.05, 4.69) is 27.8 Å². The van der Waals surface area contributed by atoms with Gasteiger partial charge in [0.05, 0.1) is 19.3 Å². The molecule has 1 aliphatic heterocycles. The van der Waals surface area contributed by atoms with E-state index in [1.54, 1.807) is 11.8 Å². The van der Waals surface area contributed by atoms with Crippen LogP contribution in [0.2, 0.25) is 0 Å². The number of nitrogens with zero attached hydrogens (tertiary/aromatic N) is 4. The summed E-state index contributed by atoms with van der Waals surface area (Å²) in [5.41, 5.74) is 2.73. The molecule has 0 spiro atoms. The number of anilines is 1. The summed E-state index contributed by atoms with van der Waals surface area (Å²) in [6, 6.07) is 14.5. The van der Waals surface area contributed by atoms with Crippen LogP contribution in [-0.4, -0.2) is 39.9 Å². The average molecular weight is 450 g/mol. The number of ether oxygens (including phenoxy) is 3. The number of esters is 1. The lowest BCUT2D eigenvalue weighted by Gasteiger charge is -2.28.